The molecule has 4 heterocycles. The fraction of sp³-hybridized carbons (Fsp3) is 0.0612. The van der Waals surface area contributed by atoms with Crippen LogP contribution in [0.5, 0.6) is 0 Å². The molecule has 3 aliphatic rings. The van der Waals surface area contributed by atoms with Crippen LogP contribution in [0, 0.1) is 0 Å². The molecule has 0 saturated carbocycles. The Labute approximate surface area is 362 Å². The number of hydrogen-bond donors (Lipinski definition) is 0. The van der Waals surface area contributed by atoms with E-state index in [4.69, 9.17) is 9.47 Å². The molecular weight excluding hydrogens is 845 g/mol. The summed E-state index contributed by atoms with van der Waals surface area (Å²) < 4.78 is 15.7. The van der Waals surface area contributed by atoms with Crippen LogP contribution >= 0.6 is 45.3 Å². The average Bonchev–Trinajstić information content (AvgIpc) is 4.15. The van der Waals surface area contributed by atoms with E-state index in [9.17, 15) is 19.2 Å². The first-order valence-electron chi connectivity index (χ1n) is 19.1. The minimum atomic E-state index is -2.05. The molecule has 0 N–H and O–H groups in total. The van der Waals surface area contributed by atoms with E-state index in [-0.39, 0.29) is 18.8 Å². The summed E-state index contributed by atoms with van der Waals surface area (Å²) in [6, 6.07) is 36.0. The van der Waals surface area contributed by atoms with Crippen LogP contribution in [-0.4, -0.2) is 35.1 Å². The van der Waals surface area contributed by atoms with Crippen molar-refractivity contribution in [2.75, 3.05) is 0 Å². The maximum Gasteiger partial charge on any atom is 0.333 e. The van der Waals surface area contributed by atoms with Crippen molar-refractivity contribution in [1.29, 1.82) is 0 Å². The van der Waals surface area contributed by atoms with Gasteiger partial charge in [-0.25, -0.2) is 0 Å². The molecular formula is C49H26O8S4. The van der Waals surface area contributed by atoms with E-state index >= 15 is 9.59 Å². The topological polar surface area (TPSA) is 121 Å². The number of ether oxygens (including phenoxy) is 2. The molecule has 8 aromatic rings. The number of carbonyl (C=O) groups is 6. The number of carbonyl (C=O) groups excluding carboxylic acids is 6. The van der Waals surface area contributed by atoms with Gasteiger partial charge in [0.15, 0.2) is 0 Å². The fourth-order valence-corrected chi connectivity index (χ4v) is 14.0. The number of rotatable bonds is 8. The Bertz CT molecular complexity index is 3260. The molecule has 0 fully saturated rings. The van der Waals surface area contributed by atoms with Crippen LogP contribution in [0.1, 0.15) is 63.9 Å². The largest absolute Gasteiger partial charge is 0.459 e. The van der Waals surface area contributed by atoms with Gasteiger partial charge in [0.1, 0.15) is 13.2 Å². The predicted octanol–water partition coefficient (Wildman–Crippen LogP) is 10.6. The second kappa shape index (κ2) is 14.2. The number of allylic oxidation sites excluding steroid dienone is 2. The van der Waals surface area contributed by atoms with Gasteiger partial charge in [0, 0.05) is 47.9 Å². The Balaban J connectivity index is 1.10. The Morgan fingerprint density at radius 1 is 0.492 bits per heavy atom. The Kier molecular flexibility index (Phi) is 8.69. The van der Waals surface area contributed by atoms with Crippen LogP contribution in [0.15, 0.2) is 121 Å². The molecule has 0 atom stereocenters. The number of benzene rings is 4. The fourth-order valence-electron chi connectivity index (χ4n) is 8.34. The first kappa shape index (κ1) is 37.3. The van der Waals surface area contributed by atoms with Crippen molar-refractivity contribution in [3.63, 3.8) is 0 Å². The maximum atomic E-state index is 15.1. The molecule has 0 unspecified atom stereocenters. The molecule has 0 amide bonds. The van der Waals surface area contributed by atoms with Crippen LogP contribution in [0.3, 0.4) is 0 Å². The zero-order valence-electron chi connectivity index (χ0n) is 31.5. The van der Waals surface area contributed by atoms with Crippen LogP contribution in [0.2, 0.25) is 0 Å². The van der Waals surface area contributed by atoms with Crippen molar-refractivity contribution in [3.05, 3.63) is 176 Å². The zero-order chi connectivity index (χ0) is 41.6. The second-order valence-corrected chi connectivity index (χ2v) is 18.9. The smallest absolute Gasteiger partial charge is 0.333 e. The third-order valence-corrected chi connectivity index (χ3v) is 16.3. The van der Waals surface area contributed by atoms with Gasteiger partial charge in [0.25, 0.3) is 0 Å². The van der Waals surface area contributed by atoms with Gasteiger partial charge >= 0.3 is 11.9 Å². The van der Waals surface area contributed by atoms with Gasteiger partial charge in [-0.2, -0.15) is 0 Å². The van der Waals surface area contributed by atoms with Gasteiger partial charge in [-0.15, -0.1) is 45.3 Å². The molecule has 61 heavy (non-hydrogen) atoms. The molecule has 0 bridgehead atoms. The molecule has 8 nitrogen and oxygen atoms in total. The third-order valence-electron chi connectivity index (χ3n) is 11.2. The summed E-state index contributed by atoms with van der Waals surface area (Å²) in [5, 5.41) is 0. The maximum absolute atomic E-state index is 15.1. The minimum Gasteiger partial charge on any atom is -0.459 e. The molecule has 0 radical (unpaired) electrons. The summed E-state index contributed by atoms with van der Waals surface area (Å²) in [6.07, 6.45) is 3.41. The van der Waals surface area contributed by atoms with Gasteiger partial charge in [0.05, 0.1) is 23.9 Å². The lowest BCUT2D eigenvalue weighted by molar-refractivity contribution is -0.164. The number of hydrogen-bond acceptors (Lipinski definition) is 12. The van der Waals surface area contributed by atoms with Crippen molar-refractivity contribution in [2.45, 2.75) is 18.6 Å². The number of fused-ring (bicyclic) bond motifs is 9. The lowest BCUT2D eigenvalue weighted by Crippen LogP contribution is -2.45. The van der Waals surface area contributed by atoms with Crippen molar-refractivity contribution in [3.8, 4) is 9.75 Å². The van der Waals surface area contributed by atoms with Gasteiger partial charge in [-0.1, -0.05) is 109 Å². The van der Waals surface area contributed by atoms with Crippen molar-refractivity contribution >= 4 is 123 Å². The van der Waals surface area contributed by atoms with E-state index in [1.54, 1.807) is 66.7 Å². The van der Waals surface area contributed by atoms with Gasteiger partial charge in [-0.05, 0) is 46.5 Å². The zero-order valence-corrected chi connectivity index (χ0v) is 34.8. The van der Waals surface area contributed by atoms with E-state index in [0.29, 0.717) is 53.6 Å². The van der Waals surface area contributed by atoms with Crippen LogP contribution in [0.25, 0.3) is 51.9 Å². The first-order chi connectivity index (χ1) is 29.7. The number of esters is 2. The van der Waals surface area contributed by atoms with Crippen molar-refractivity contribution < 1.29 is 38.2 Å². The molecule has 3 aliphatic carbocycles. The summed E-state index contributed by atoms with van der Waals surface area (Å²) >= 11 is 5.68. The van der Waals surface area contributed by atoms with Crippen molar-refractivity contribution in [1.82, 2.24) is 0 Å². The molecule has 4 aromatic heterocycles. The number of thiophene rings is 4. The summed E-state index contributed by atoms with van der Waals surface area (Å²) in [6.45, 7) is -0.191. The molecule has 0 aliphatic heterocycles. The molecule has 11 rings (SSSR count). The number of ketones is 4. The van der Waals surface area contributed by atoms with Crippen LogP contribution in [0.4, 0.5) is 0 Å². The second-order valence-electron chi connectivity index (χ2n) is 14.7. The monoisotopic (exact) mass is 870 g/mol. The Morgan fingerprint density at radius 3 is 1.52 bits per heavy atom. The first-order valence-corrected chi connectivity index (χ1v) is 22.4. The highest BCUT2D eigenvalue weighted by Gasteiger charge is 2.61. The van der Waals surface area contributed by atoms with Gasteiger partial charge in [0.2, 0.25) is 28.5 Å². The summed E-state index contributed by atoms with van der Waals surface area (Å²) in [5.74, 6) is -3.88. The van der Waals surface area contributed by atoms with E-state index < -0.39 is 40.5 Å². The number of Topliss-reactive ketones (excluding diaryl/α,β-unsaturated/α-hetero) is 4. The SMILES string of the molecule is O=C1C(=O)c2ccccc2/C1=C/c1cc2c(s1)-c1sc3c(sc4cc(/C=C5\C(=O)C(=O)c6ccccc65)sc43)c1C2(C(=O)OCc1ccccc1)C(=O)OCc1ccccc1. The highest BCUT2D eigenvalue weighted by Crippen LogP contribution is 2.62. The lowest BCUT2D eigenvalue weighted by atomic mass is 9.79. The van der Waals surface area contributed by atoms with Crippen molar-refractivity contribution in [2.24, 2.45) is 0 Å². The van der Waals surface area contributed by atoms with Crippen LogP contribution in [-0.2, 0) is 47.3 Å². The summed E-state index contributed by atoms with van der Waals surface area (Å²) in [7, 11) is 0. The average molecular weight is 871 g/mol. The molecule has 4 aromatic carbocycles. The predicted molar refractivity (Wildman–Crippen MR) is 239 cm³/mol. The summed E-state index contributed by atoms with van der Waals surface area (Å²) in [5.41, 5.74) is 2.72. The van der Waals surface area contributed by atoms with Gasteiger partial charge < -0.3 is 9.47 Å². The molecule has 294 valence electrons. The summed E-state index contributed by atoms with van der Waals surface area (Å²) in [4.78, 5) is 85.2. The van der Waals surface area contributed by atoms with E-state index in [0.717, 1.165) is 34.8 Å². The molecule has 0 saturated heterocycles. The van der Waals surface area contributed by atoms with E-state index in [2.05, 4.69) is 0 Å². The van der Waals surface area contributed by atoms with E-state index in [1.807, 2.05) is 66.7 Å². The normalized spacial score (nSPS) is 16.1. The highest BCUT2D eigenvalue weighted by atomic mass is 32.1. The highest BCUT2D eigenvalue weighted by molar-refractivity contribution is 7.40. The minimum absolute atomic E-state index is 0.0955. The third kappa shape index (κ3) is 5.67. The molecule has 0 spiro atoms. The lowest BCUT2D eigenvalue weighted by Gasteiger charge is -2.26. The van der Waals surface area contributed by atoms with Gasteiger partial charge in [-0.3, -0.25) is 28.8 Å². The van der Waals surface area contributed by atoms with E-state index in [1.165, 1.54) is 45.3 Å². The molecule has 12 heteroatoms. The quantitative estimate of drug-likeness (QED) is 0.0641. The Morgan fingerprint density at radius 2 is 0.984 bits per heavy atom. The standard InChI is InChI=1S/C49H26O8S4/c50-38-31-17-9-7-15-29(31)33(40(38)52)19-27-21-35-42(58-27)44-37(49(35,47(54)56-23-25-11-3-1-4-12-25)48(55)57-24-26-13-5-2-6-14-26)45-46(61-44)43-36(60-45)22-28(59-43)20-34-30-16-8-10-18-32(30)39(51)41(34)53/h1-22H,23-24H2/b33-19-,34-20-. The Hall–Kier alpha value is -6.70. The van der Waals surface area contributed by atoms with Crippen LogP contribution < -0.4 is 0 Å².